The molecule has 0 spiro atoms. The molecular weight excluding hydrogens is 334 g/mol. The summed E-state index contributed by atoms with van der Waals surface area (Å²) in [5.41, 5.74) is 1.69. The van der Waals surface area contributed by atoms with Crippen LogP contribution < -0.4 is 4.90 Å². The lowest BCUT2D eigenvalue weighted by Gasteiger charge is -2.57. The fraction of sp³-hybridized carbons (Fsp3) is 0.652. The third-order valence-electron chi connectivity index (χ3n) is 7.75. The SMILES string of the molecule is C[C@@H]1CN(c2ccccc2C#N)CCN1C(=O)C12CC3CC(CC(C3)C1)C2. The molecule has 5 fully saturated rings. The molecule has 1 saturated heterocycles. The van der Waals surface area contributed by atoms with E-state index in [0.29, 0.717) is 5.91 Å². The second kappa shape index (κ2) is 6.26. The Labute approximate surface area is 162 Å². The van der Waals surface area contributed by atoms with E-state index in [1.54, 1.807) is 0 Å². The van der Waals surface area contributed by atoms with Crippen molar-refractivity contribution in [2.45, 2.75) is 51.5 Å². The Morgan fingerprint density at radius 3 is 2.30 bits per heavy atom. The van der Waals surface area contributed by atoms with Crippen molar-refractivity contribution in [3.05, 3.63) is 29.8 Å². The van der Waals surface area contributed by atoms with Crippen molar-refractivity contribution in [3.63, 3.8) is 0 Å². The van der Waals surface area contributed by atoms with Gasteiger partial charge in [-0.1, -0.05) is 12.1 Å². The molecule has 0 aromatic heterocycles. The number of rotatable bonds is 2. The molecule has 1 aromatic carbocycles. The minimum Gasteiger partial charge on any atom is -0.367 e. The number of hydrogen-bond donors (Lipinski definition) is 0. The van der Waals surface area contributed by atoms with E-state index in [1.165, 1.54) is 19.3 Å². The first-order valence-electron chi connectivity index (χ1n) is 10.6. The van der Waals surface area contributed by atoms with Crippen LogP contribution in [0.25, 0.3) is 0 Å². The van der Waals surface area contributed by atoms with Crippen molar-refractivity contribution in [2.75, 3.05) is 24.5 Å². The zero-order valence-electron chi connectivity index (χ0n) is 16.2. The Balaban J connectivity index is 1.33. The van der Waals surface area contributed by atoms with Gasteiger partial charge >= 0.3 is 0 Å². The molecule has 4 aliphatic carbocycles. The summed E-state index contributed by atoms with van der Waals surface area (Å²) in [6.07, 6.45) is 7.55. The van der Waals surface area contributed by atoms with Crippen LogP contribution in [-0.2, 0) is 4.79 Å². The summed E-state index contributed by atoms with van der Waals surface area (Å²) in [5, 5.41) is 9.41. The number of nitriles is 1. The number of para-hydroxylation sites is 1. The maximum atomic E-state index is 13.7. The van der Waals surface area contributed by atoms with Crippen LogP contribution in [0, 0.1) is 34.5 Å². The van der Waals surface area contributed by atoms with Gasteiger partial charge in [0.2, 0.25) is 5.91 Å². The van der Waals surface area contributed by atoms with E-state index in [-0.39, 0.29) is 11.5 Å². The highest BCUT2D eigenvalue weighted by Gasteiger charge is 2.56. The first-order chi connectivity index (χ1) is 13.1. The number of piperazine rings is 1. The fourth-order valence-electron chi connectivity index (χ4n) is 7.00. The van der Waals surface area contributed by atoms with Gasteiger partial charge in [0, 0.05) is 25.7 Å². The number of benzene rings is 1. The summed E-state index contributed by atoms with van der Waals surface area (Å²) in [7, 11) is 0. The highest BCUT2D eigenvalue weighted by molar-refractivity contribution is 5.84. The second-order valence-corrected chi connectivity index (χ2v) is 9.62. The van der Waals surface area contributed by atoms with E-state index in [0.717, 1.165) is 67.9 Å². The lowest BCUT2D eigenvalue weighted by atomic mass is 9.49. The average Bonchev–Trinajstić information content (AvgIpc) is 2.66. The molecule has 0 unspecified atom stereocenters. The van der Waals surface area contributed by atoms with Gasteiger partial charge in [0.15, 0.2) is 0 Å². The van der Waals surface area contributed by atoms with Crippen molar-refractivity contribution in [1.82, 2.24) is 4.90 Å². The summed E-state index contributed by atoms with van der Waals surface area (Å²) >= 11 is 0. The van der Waals surface area contributed by atoms with Crippen LogP contribution in [0.4, 0.5) is 5.69 Å². The van der Waals surface area contributed by atoms with Gasteiger partial charge in [0.25, 0.3) is 0 Å². The normalized spacial score (nSPS) is 37.3. The average molecular weight is 364 g/mol. The Hall–Kier alpha value is -2.02. The molecule has 1 heterocycles. The van der Waals surface area contributed by atoms with Crippen molar-refractivity contribution < 1.29 is 4.79 Å². The summed E-state index contributed by atoms with van der Waals surface area (Å²) in [6, 6.07) is 10.3. The first kappa shape index (κ1) is 17.1. The predicted octanol–water partition coefficient (Wildman–Crippen LogP) is 3.81. The van der Waals surface area contributed by atoms with Crippen LogP contribution >= 0.6 is 0 Å². The Bertz CT molecular complexity index is 760. The van der Waals surface area contributed by atoms with Gasteiger partial charge in [-0.3, -0.25) is 4.79 Å². The monoisotopic (exact) mass is 363 g/mol. The number of hydrogen-bond acceptors (Lipinski definition) is 3. The Morgan fingerprint density at radius 2 is 1.70 bits per heavy atom. The lowest BCUT2D eigenvalue weighted by Crippen LogP contribution is -2.61. The predicted molar refractivity (Wildman–Crippen MR) is 105 cm³/mol. The summed E-state index contributed by atoms with van der Waals surface area (Å²) in [4.78, 5) is 18.1. The molecular formula is C23H29N3O. The molecule has 4 heteroatoms. The summed E-state index contributed by atoms with van der Waals surface area (Å²) in [5.74, 6) is 2.86. The minimum atomic E-state index is -0.0459. The van der Waals surface area contributed by atoms with Crippen molar-refractivity contribution in [1.29, 1.82) is 5.26 Å². The van der Waals surface area contributed by atoms with E-state index in [9.17, 15) is 10.1 Å². The van der Waals surface area contributed by atoms with Crippen molar-refractivity contribution >= 4 is 11.6 Å². The molecule has 27 heavy (non-hydrogen) atoms. The largest absolute Gasteiger partial charge is 0.367 e. The quantitative estimate of drug-likeness (QED) is 0.803. The van der Waals surface area contributed by atoms with E-state index in [1.807, 2.05) is 24.3 Å². The molecule has 5 aliphatic rings. The second-order valence-electron chi connectivity index (χ2n) is 9.62. The molecule has 1 aliphatic heterocycles. The van der Waals surface area contributed by atoms with Gasteiger partial charge in [-0.2, -0.15) is 5.26 Å². The maximum Gasteiger partial charge on any atom is 0.229 e. The van der Waals surface area contributed by atoms with Gasteiger partial charge in [-0.05, 0) is 75.3 Å². The molecule has 142 valence electrons. The lowest BCUT2D eigenvalue weighted by molar-refractivity contribution is -0.160. The van der Waals surface area contributed by atoms with Crippen LogP contribution in [0.1, 0.15) is 51.0 Å². The molecule has 1 aromatic rings. The first-order valence-corrected chi connectivity index (χ1v) is 10.6. The molecule has 4 bridgehead atoms. The molecule has 6 rings (SSSR count). The van der Waals surface area contributed by atoms with E-state index < -0.39 is 0 Å². The third kappa shape index (κ3) is 2.74. The van der Waals surface area contributed by atoms with Gasteiger partial charge in [-0.25, -0.2) is 0 Å². The number of carbonyl (C=O) groups excluding carboxylic acids is 1. The standard InChI is InChI=1S/C23H29N3O/c1-16-15-25(21-5-3-2-4-20(21)14-24)6-7-26(16)22(27)23-11-17-8-18(12-23)10-19(9-17)13-23/h2-5,16-19H,6-13,15H2,1H3/t16-,17?,18?,19?,23?/m1/s1. The van der Waals surface area contributed by atoms with E-state index in [2.05, 4.69) is 22.8 Å². The maximum absolute atomic E-state index is 13.7. The number of nitrogens with zero attached hydrogens (tertiary/aromatic N) is 3. The Kier molecular flexibility index (Phi) is 3.96. The molecule has 4 saturated carbocycles. The van der Waals surface area contributed by atoms with Crippen LogP contribution in [0.2, 0.25) is 0 Å². The van der Waals surface area contributed by atoms with Crippen LogP contribution in [0.15, 0.2) is 24.3 Å². The van der Waals surface area contributed by atoms with Crippen LogP contribution in [-0.4, -0.2) is 36.5 Å². The number of amides is 1. The number of carbonyl (C=O) groups is 1. The highest BCUT2D eigenvalue weighted by atomic mass is 16.2. The third-order valence-corrected chi connectivity index (χ3v) is 7.75. The van der Waals surface area contributed by atoms with Crippen LogP contribution in [0.3, 0.4) is 0 Å². The molecule has 0 radical (unpaired) electrons. The molecule has 4 nitrogen and oxygen atoms in total. The number of anilines is 1. The van der Waals surface area contributed by atoms with Gasteiger partial charge in [0.1, 0.15) is 6.07 Å². The van der Waals surface area contributed by atoms with Gasteiger partial charge < -0.3 is 9.80 Å². The smallest absolute Gasteiger partial charge is 0.229 e. The molecule has 0 N–H and O–H groups in total. The van der Waals surface area contributed by atoms with Crippen LogP contribution in [0.5, 0.6) is 0 Å². The molecule has 1 atom stereocenters. The van der Waals surface area contributed by atoms with Crippen molar-refractivity contribution in [2.24, 2.45) is 23.2 Å². The Morgan fingerprint density at radius 1 is 1.07 bits per heavy atom. The fourth-order valence-corrected chi connectivity index (χ4v) is 7.00. The molecule has 1 amide bonds. The van der Waals surface area contributed by atoms with Crippen molar-refractivity contribution in [3.8, 4) is 6.07 Å². The van der Waals surface area contributed by atoms with E-state index in [4.69, 9.17) is 0 Å². The van der Waals surface area contributed by atoms with Gasteiger partial charge in [0.05, 0.1) is 16.7 Å². The van der Waals surface area contributed by atoms with E-state index >= 15 is 0 Å². The summed E-state index contributed by atoms with van der Waals surface area (Å²) in [6.45, 7) is 4.60. The zero-order valence-corrected chi connectivity index (χ0v) is 16.2. The topological polar surface area (TPSA) is 47.3 Å². The highest BCUT2D eigenvalue weighted by Crippen LogP contribution is 2.60. The minimum absolute atomic E-state index is 0.0459. The summed E-state index contributed by atoms with van der Waals surface area (Å²) < 4.78 is 0. The zero-order chi connectivity index (χ0) is 18.6. The van der Waals surface area contributed by atoms with Gasteiger partial charge in [-0.15, -0.1) is 0 Å².